The molecule has 0 heterocycles. The van der Waals surface area contributed by atoms with Crippen molar-refractivity contribution >= 4 is 10.0 Å². The normalized spacial score (nSPS) is 13.5. The van der Waals surface area contributed by atoms with Gasteiger partial charge in [-0.3, -0.25) is 4.90 Å². The van der Waals surface area contributed by atoms with Crippen LogP contribution in [0.15, 0.2) is 30.3 Å². The minimum absolute atomic E-state index is 0.0811. The molecule has 1 rings (SSSR count). The van der Waals surface area contributed by atoms with Gasteiger partial charge in [0.05, 0.1) is 5.75 Å². The van der Waals surface area contributed by atoms with Gasteiger partial charge in [0, 0.05) is 12.6 Å². The van der Waals surface area contributed by atoms with E-state index in [4.69, 9.17) is 0 Å². The van der Waals surface area contributed by atoms with Crippen LogP contribution in [-0.4, -0.2) is 38.7 Å². The van der Waals surface area contributed by atoms with Gasteiger partial charge >= 0.3 is 0 Å². The molecule has 0 aliphatic heterocycles. The molecule has 1 atom stereocenters. The van der Waals surface area contributed by atoms with E-state index in [0.29, 0.717) is 13.0 Å². The lowest BCUT2D eigenvalue weighted by molar-refractivity contribution is 0.220. The molecule has 1 N–H and O–H groups in total. The monoisotopic (exact) mass is 312 g/mol. The Morgan fingerprint density at radius 2 is 1.71 bits per heavy atom. The van der Waals surface area contributed by atoms with Crippen molar-refractivity contribution in [3.8, 4) is 0 Å². The summed E-state index contributed by atoms with van der Waals surface area (Å²) in [6.45, 7) is 8.42. The van der Waals surface area contributed by atoms with Gasteiger partial charge in [-0.25, -0.2) is 13.1 Å². The average Bonchev–Trinajstić information content (AvgIpc) is 2.50. The summed E-state index contributed by atoms with van der Waals surface area (Å²) in [6.07, 6.45) is 1.59. The van der Waals surface area contributed by atoms with Crippen LogP contribution in [0.5, 0.6) is 0 Å². The molecular formula is C16H28N2O2S. The summed E-state index contributed by atoms with van der Waals surface area (Å²) >= 11 is 0. The number of nitrogens with one attached hydrogen (secondary N) is 1. The molecule has 0 fully saturated rings. The Balaban J connectivity index is 2.79. The summed E-state index contributed by atoms with van der Waals surface area (Å²) in [5.41, 5.74) is 1.15. The molecule has 21 heavy (non-hydrogen) atoms. The zero-order valence-corrected chi connectivity index (χ0v) is 14.2. The fraction of sp³-hybridized carbons (Fsp3) is 0.625. The van der Waals surface area contributed by atoms with Crippen LogP contribution in [0.4, 0.5) is 0 Å². The predicted octanol–water partition coefficient (Wildman–Crippen LogP) is 2.79. The van der Waals surface area contributed by atoms with Crippen LogP contribution in [0, 0.1) is 0 Å². The molecule has 0 amide bonds. The van der Waals surface area contributed by atoms with Crippen molar-refractivity contribution in [3.05, 3.63) is 35.9 Å². The largest absolute Gasteiger partial charge is 0.296 e. The van der Waals surface area contributed by atoms with Crippen molar-refractivity contribution in [2.45, 2.75) is 39.7 Å². The smallest absolute Gasteiger partial charge is 0.211 e. The quantitative estimate of drug-likeness (QED) is 0.723. The standard InChI is InChI=1S/C16H28N2O2S/c1-4-7-13-21(19,20)17-14-16(18(5-2)6-3)15-11-9-8-10-12-15/h8-12,16-17H,4-7,13-14H2,1-3H3. The van der Waals surface area contributed by atoms with Crippen molar-refractivity contribution in [1.82, 2.24) is 9.62 Å². The van der Waals surface area contributed by atoms with Gasteiger partial charge in [-0.15, -0.1) is 0 Å². The Morgan fingerprint density at radius 1 is 1.10 bits per heavy atom. The molecule has 0 saturated heterocycles. The van der Waals surface area contributed by atoms with Gasteiger partial charge in [-0.1, -0.05) is 57.5 Å². The van der Waals surface area contributed by atoms with Crippen molar-refractivity contribution in [2.75, 3.05) is 25.4 Å². The second-order valence-electron chi connectivity index (χ2n) is 5.17. The second-order valence-corrected chi connectivity index (χ2v) is 7.09. The molecular weight excluding hydrogens is 284 g/mol. The maximum Gasteiger partial charge on any atom is 0.211 e. The van der Waals surface area contributed by atoms with Crippen LogP contribution in [-0.2, 0) is 10.0 Å². The zero-order valence-electron chi connectivity index (χ0n) is 13.4. The van der Waals surface area contributed by atoms with Crippen LogP contribution in [0.1, 0.15) is 45.2 Å². The first-order valence-electron chi connectivity index (χ1n) is 7.80. The van der Waals surface area contributed by atoms with E-state index >= 15 is 0 Å². The molecule has 0 aliphatic rings. The number of sulfonamides is 1. The third-order valence-electron chi connectivity index (χ3n) is 3.70. The van der Waals surface area contributed by atoms with Crippen LogP contribution in [0.3, 0.4) is 0 Å². The second kappa shape index (κ2) is 9.18. The Bertz CT molecular complexity index is 484. The van der Waals surface area contributed by atoms with Crippen LogP contribution < -0.4 is 4.72 Å². The van der Waals surface area contributed by atoms with E-state index in [-0.39, 0.29) is 11.8 Å². The molecule has 0 aliphatic carbocycles. The molecule has 0 aromatic heterocycles. The third kappa shape index (κ3) is 6.16. The molecule has 0 radical (unpaired) electrons. The topological polar surface area (TPSA) is 49.4 Å². The number of rotatable bonds is 10. The summed E-state index contributed by atoms with van der Waals surface area (Å²) < 4.78 is 26.8. The Labute approximate surface area is 129 Å². The van der Waals surface area contributed by atoms with Gasteiger partial charge in [0.25, 0.3) is 0 Å². The van der Waals surface area contributed by atoms with Crippen molar-refractivity contribution in [1.29, 1.82) is 0 Å². The fourth-order valence-corrected chi connectivity index (χ4v) is 3.63. The molecule has 1 aromatic rings. The molecule has 0 spiro atoms. The van der Waals surface area contributed by atoms with Crippen molar-refractivity contribution < 1.29 is 8.42 Å². The highest BCUT2D eigenvalue weighted by molar-refractivity contribution is 7.89. The SMILES string of the molecule is CCCCS(=O)(=O)NCC(c1ccccc1)N(CC)CC. The minimum Gasteiger partial charge on any atom is -0.296 e. The van der Waals surface area contributed by atoms with E-state index in [9.17, 15) is 8.42 Å². The first-order valence-corrected chi connectivity index (χ1v) is 9.45. The molecule has 4 nitrogen and oxygen atoms in total. The number of unbranched alkanes of at least 4 members (excludes halogenated alkanes) is 1. The van der Waals surface area contributed by atoms with E-state index in [1.807, 2.05) is 25.1 Å². The van der Waals surface area contributed by atoms with E-state index in [0.717, 1.165) is 25.1 Å². The van der Waals surface area contributed by atoms with Gasteiger partial charge < -0.3 is 0 Å². The van der Waals surface area contributed by atoms with E-state index in [2.05, 4.69) is 35.6 Å². The maximum absolute atomic E-state index is 12.0. The van der Waals surface area contributed by atoms with Gasteiger partial charge in [-0.2, -0.15) is 0 Å². The number of likely N-dealkylation sites (N-methyl/N-ethyl adjacent to an activating group) is 1. The fourth-order valence-electron chi connectivity index (χ4n) is 2.41. The summed E-state index contributed by atoms with van der Waals surface area (Å²) in [4.78, 5) is 2.28. The van der Waals surface area contributed by atoms with Crippen molar-refractivity contribution in [3.63, 3.8) is 0 Å². The lowest BCUT2D eigenvalue weighted by Crippen LogP contribution is -2.38. The maximum atomic E-state index is 12.0. The van der Waals surface area contributed by atoms with Crippen LogP contribution >= 0.6 is 0 Å². The summed E-state index contributed by atoms with van der Waals surface area (Å²) in [5, 5.41) is 0. The highest BCUT2D eigenvalue weighted by atomic mass is 32.2. The van der Waals surface area contributed by atoms with E-state index in [1.54, 1.807) is 0 Å². The van der Waals surface area contributed by atoms with E-state index < -0.39 is 10.0 Å². The highest BCUT2D eigenvalue weighted by Crippen LogP contribution is 2.19. The molecule has 120 valence electrons. The molecule has 1 aromatic carbocycles. The van der Waals surface area contributed by atoms with Crippen LogP contribution in [0.25, 0.3) is 0 Å². The Hall–Kier alpha value is -0.910. The number of benzene rings is 1. The Kier molecular flexibility index (Phi) is 7.93. The van der Waals surface area contributed by atoms with Gasteiger partial charge in [0.15, 0.2) is 0 Å². The number of hydrogen-bond acceptors (Lipinski definition) is 3. The lowest BCUT2D eigenvalue weighted by Gasteiger charge is -2.30. The number of hydrogen-bond donors (Lipinski definition) is 1. The first kappa shape index (κ1) is 18.1. The first-order chi connectivity index (χ1) is 10.0. The summed E-state index contributed by atoms with van der Waals surface area (Å²) in [7, 11) is -3.17. The molecule has 1 unspecified atom stereocenters. The van der Waals surface area contributed by atoms with Gasteiger partial charge in [0.1, 0.15) is 0 Å². The summed E-state index contributed by atoms with van der Waals surface area (Å²) in [5.74, 6) is 0.212. The number of nitrogens with zero attached hydrogens (tertiary/aromatic N) is 1. The van der Waals surface area contributed by atoms with Crippen LogP contribution in [0.2, 0.25) is 0 Å². The predicted molar refractivity (Wildman–Crippen MR) is 88.8 cm³/mol. The zero-order chi connectivity index (χ0) is 15.7. The molecule has 5 heteroatoms. The highest BCUT2D eigenvalue weighted by Gasteiger charge is 2.20. The Morgan fingerprint density at radius 3 is 2.24 bits per heavy atom. The molecule has 0 saturated carbocycles. The third-order valence-corrected chi connectivity index (χ3v) is 5.13. The van der Waals surface area contributed by atoms with E-state index in [1.165, 1.54) is 0 Å². The van der Waals surface area contributed by atoms with Crippen molar-refractivity contribution in [2.24, 2.45) is 0 Å². The molecule has 0 bridgehead atoms. The minimum atomic E-state index is -3.17. The summed E-state index contributed by atoms with van der Waals surface area (Å²) in [6, 6.07) is 10.2. The lowest BCUT2D eigenvalue weighted by atomic mass is 10.1. The van der Waals surface area contributed by atoms with Gasteiger partial charge in [-0.05, 0) is 25.1 Å². The average molecular weight is 312 g/mol. The van der Waals surface area contributed by atoms with Gasteiger partial charge in [0.2, 0.25) is 10.0 Å².